The van der Waals surface area contributed by atoms with Crippen LogP contribution in [0.3, 0.4) is 0 Å². The quantitative estimate of drug-likeness (QED) is 0.621. The zero-order valence-corrected chi connectivity index (χ0v) is 8.03. The van der Waals surface area contributed by atoms with Crippen LogP contribution < -0.4 is 5.32 Å². The molecule has 66 valence electrons. The number of rotatable bonds is 1. The normalized spacial score (nSPS) is 30.6. The summed E-state index contributed by atoms with van der Waals surface area (Å²) < 4.78 is 22.2. The summed E-state index contributed by atoms with van der Waals surface area (Å²) in [5.74, 6) is 0. The number of hydrogen-bond donors (Lipinski definition) is 1. The van der Waals surface area contributed by atoms with Gasteiger partial charge in [-0.25, -0.2) is 8.42 Å². The molecular formula is C7H15NO2S. The standard InChI is InChI=1S/C7H15NO2S/c1-7(2)4-6(5-8-7)11(3,9)10/h6,8H,4-5H2,1-3H3. The van der Waals surface area contributed by atoms with E-state index in [-0.39, 0.29) is 10.8 Å². The fourth-order valence-electron chi connectivity index (χ4n) is 1.41. The Morgan fingerprint density at radius 2 is 2.00 bits per heavy atom. The Bertz CT molecular complexity index is 243. The molecule has 0 spiro atoms. The first kappa shape index (κ1) is 9.00. The van der Waals surface area contributed by atoms with Gasteiger partial charge in [-0.15, -0.1) is 0 Å². The molecule has 1 N–H and O–H groups in total. The second-order valence-corrected chi connectivity index (χ2v) is 6.25. The van der Waals surface area contributed by atoms with Gasteiger partial charge in [-0.3, -0.25) is 0 Å². The van der Waals surface area contributed by atoms with Crippen molar-refractivity contribution in [3.63, 3.8) is 0 Å². The van der Waals surface area contributed by atoms with Gasteiger partial charge >= 0.3 is 0 Å². The predicted octanol–water partition coefficient (Wildman–Crippen LogP) is 0.172. The summed E-state index contributed by atoms with van der Waals surface area (Å²) in [5.41, 5.74) is -0.00620. The summed E-state index contributed by atoms with van der Waals surface area (Å²) in [5, 5.41) is 2.99. The van der Waals surface area contributed by atoms with E-state index in [1.54, 1.807) is 0 Å². The largest absolute Gasteiger partial charge is 0.310 e. The molecule has 1 fully saturated rings. The highest BCUT2D eigenvalue weighted by Crippen LogP contribution is 2.22. The molecule has 1 saturated heterocycles. The Hall–Kier alpha value is -0.0900. The monoisotopic (exact) mass is 177 g/mol. The summed E-state index contributed by atoms with van der Waals surface area (Å²) >= 11 is 0. The molecule has 0 aliphatic carbocycles. The van der Waals surface area contributed by atoms with Crippen molar-refractivity contribution in [1.82, 2.24) is 5.32 Å². The maximum atomic E-state index is 11.1. The van der Waals surface area contributed by atoms with Crippen molar-refractivity contribution in [2.45, 2.75) is 31.1 Å². The van der Waals surface area contributed by atoms with E-state index in [0.717, 1.165) is 6.42 Å². The Kier molecular flexibility index (Phi) is 2.01. The van der Waals surface area contributed by atoms with Crippen molar-refractivity contribution in [2.24, 2.45) is 0 Å². The van der Waals surface area contributed by atoms with Gasteiger partial charge in [0.2, 0.25) is 0 Å². The Morgan fingerprint density at radius 3 is 2.18 bits per heavy atom. The number of hydrogen-bond acceptors (Lipinski definition) is 3. The zero-order valence-electron chi connectivity index (χ0n) is 7.22. The van der Waals surface area contributed by atoms with Gasteiger partial charge in [0.25, 0.3) is 0 Å². The van der Waals surface area contributed by atoms with Gasteiger partial charge in [0.05, 0.1) is 5.25 Å². The molecular weight excluding hydrogens is 162 g/mol. The molecule has 3 nitrogen and oxygen atoms in total. The van der Waals surface area contributed by atoms with Crippen LogP contribution in [-0.2, 0) is 9.84 Å². The van der Waals surface area contributed by atoms with Crippen LogP contribution >= 0.6 is 0 Å². The molecule has 1 aliphatic heterocycles. The second kappa shape index (κ2) is 2.45. The molecule has 0 bridgehead atoms. The minimum absolute atomic E-state index is 0.00620. The van der Waals surface area contributed by atoms with Crippen molar-refractivity contribution in [1.29, 1.82) is 0 Å². The van der Waals surface area contributed by atoms with Gasteiger partial charge in [0, 0.05) is 18.3 Å². The highest BCUT2D eigenvalue weighted by molar-refractivity contribution is 7.91. The summed E-state index contributed by atoms with van der Waals surface area (Å²) in [6.45, 7) is 4.65. The Balaban J connectivity index is 2.71. The summed E-state index contributed by atoms with van der Waals surface area (Å²) in [4.78, 5) is 0. The summed E-state index contributed by atoms with van der Waals surface area (Å²) in [7, 11) is -2.84. The van der Waals surface area contributed by atoms with Gasteiger partial charge in [-0.05, 0) is 20.3 Å². The molecule has 1 atom stereocenters. The van der Waals surface area contributed by atoms with E-state index < -0.39 is 9.84 Å². The smallest absolute Gasteiger partial charge is 0.151 e. The van der Waals surface area contributed by atoms with Gasteiger partial charge in [0.1, 0.15) is 0 Å². The third kappa shape index (κ3) is 2.17. The van der Waals surface area contributed by atoms with Crippen molar-refractivity contribution < 1.29 is 8.42 Å². The molecule has 0 aromatic rings. The van der Waals surface area contributed by atoms with Crippen LogP contribution in [0.25, 0.3) is 0 Å². The lowest BCUT2D eigenvalue weighted by atomic mass is 10.0. The first-order valence-corrected chi connectivity index (χ1v) is 5.71. The topological polar surface area (TPSA) is 46.2 Å². The van der Waals surface area contributed by atoms with Crippen LogP contribution in [0, 0.1) is 0 Å². The average Bonchev–Trinajstić information content (AvgIpc) is 2.07. The van der Waals surface area contributed by atoms with Crippen molar-refractivity contribution in [3.8, 4) is 0 Å². The molecule has 11 heavy (non-hydrogen) atoms. The van der Waals surface area contributed by atoms with Crippen LogP contribution in [0.15, 0.2) is 0 Å². The fraction of sp³-hybridized carbons (Fsp3) is 1.00. The van der Waals surface area contributed by atoms with Gasteiger partial charge in [0.15, 0.2) is 9.84 Å². The molecule has 0 saturated carbocycles. The van der Waals surface area contributed by atoms with E-state index in [2.05, 4.69) is 5.32 Å². The molecule has 1 rings (SSSR count). The number of nitrogens with one attached hydrogen (secondary N) is 1. The van der Waals surface area contributed by atoms with E-state index >= 15 is 0 Å². The molecule has 0 radical (unpaired) electrons. The van der Waals surface area contributed by atoms with Crippen LogP contribution in [0.4, 0.5) is 0 Å². The maximum absolute atomic E-state index is 11.1. The molecule has 0 aromatic carbocycles. The van der Waals surface area contributed by atoms with Crippen LogP contribution in [0.2, 0.25) is 0 Å². The van der Waals surface area contributed by atoms with Crippen LogP contribution in [0.5, 0.6) is 0 Å². The molecule has 1 heterocycles. The summed E-state index contributed by atoms with van der Waals surface area (Å²) in [6, 6.07) is 0. The minimum Gasteiger partial charge on any atom is -0.310 e. The van der Waals surface area contributed by atoms with Crippen molar-refractivity contribution in [2.75, 3.05) is 12.8 Å². The van der Waals surface area contributed by atoms with Crippen LogP contribution in [-0.4, -0.2) is 32.0 Å². The molecule has 0 aromatic heterocycles. The van der Waals surface area contributed by atoms with E-state index in [1.807, 2.05) is 13.8 Å². The van der Waals surface area contributed by atoms with Gasteiger partial charge in [-0.2, -0.15) is 0 Å². The van der Waals surface area contributed by atoms with Gasteiger partial charge < -0.3 is 5.32 Å². The van der Waals surface area contributed by atoms with E-state index in [4.69, 9.17) is 0 Å². The lowest BCUT2D eigenvalue weighted by molar-refractivity contribution is 0.459. The number of sulfone groups is 1. The Morgan fingerprint density at radius 1 is 1.45 bits per heavy atom. The highest BCUT2D eigenvalue weighted by Gasteiger charge is 2.35. The van der Waals surface area contributed by atoms with Crippen molar-refractivity contribution >= 4 is 9.84 Å². The average molecular weight is 177 g/mol. The minimum atomic E-state index is -2.84. The fourth-order valence-corrected chi connectivity index (χ4v) is 2.51. The second-order valence-electron chi connectivity index (χ2n) is 3.92. The SMILES string of the molecule is CC1(C)CC(S(C)(=O)=O)CN1. The Labute approximate surface area is 68.1 Å². The third-order valence-corrected chi connectivity index (χ3v) is 3.70. The van der Waals surface area contributed by atoms with Gasteiger partial charge in [-0.1, -0.05) is 0 Å². The lowest BCUT2D eigenvalue weighted by Gasteiger charge is -2.16. The summed E-state index contributed by atoms with van der Waals surface area (Å²) in [6.07, 6.45) is 2.03. The maximum Gasteiger partial charge on any atom is 0.151 e. The first-order valence-electron chi connectivity index (χ1n) is 3.75. The first-order chi connectivity index (χ1) is 4.81. The third-order valence-electron chi connectivity index (χ3n) is 2.15. The van der Waals surface area contributed by atoms with Crippen LogP contribution in [0.1, 0.15) is 20.3 Å². The van der Waals surface area contributed by atoms with E-state index in [1.165, 1.54) is 6.26 Å². The molecule has 1 aliphatic rings. The molecule has 0 amide bonds. The lowest BCUT2D eigenvalue weighted by Crippen LogP contribution is -2.31. The van der Waals surface area contributed by atoms with Crippen molar-refractivity contribution in [3.05, 3.63) is 0 Å². The highest BCUT2D eigenvalue weighted by atomic mass is 32.2. The molecule has 1 unspecified atom stereocenters. The molecule has 4 heteroatoms. The predicted molar refractivity (Wildman–Crippen MR) is 45.3 cm³/mol. The van der Waals surface area contributed by atoms with E-state index in [0.29, 0.717) is 6.54 Å². The van der Waals surface area contributed by atoms with E-state index in [9.17, 15) is 8.42 Å². The zero-order chi connectivity index (χ0) is 8.70.